The number of carbonyl (C=O) groups excluding carboxylic acids is 1. The van der Waals surface area contributed by atoms with Gasteiger partial charge in [-0.25, -0.2) is 4.79 Å². The summed E-state index contributed by atoms with van der Waals surface area (Å²) in [6.07, 6.45) is 2.19. The van der Waals surface area contributed by atoms with Crippen LogP contribution in [-0.2, 0) is 6.42 Å². The number of carbonyl (C=O) groups is 1. The maximum atomic E-state index is 11.7. The molecule has 0 aliphatic heterocycles. The predicted octanol–water partition coefficient (Wildman–Crippen LogP) is 2.25. The number of hydrogen-bond donors (Lipinski definition) is 3. The molecule has 0 saturated carbocycles. The Labute approximate surface area is 117 Å². The van der Waals surface area contributed by atoms with Crippen molar-refractivity contribution >= 4 is 11.7 Å². The first-order valence-electron chi connectivity index (χ1n) is 6.51. The zero-order chi connectivity index (χ0) is 14.2. The van der Waals surface area contributed by atoms with Gasteiger partial charge in [-0.3, -0.25) is 0 Å². The SMILES string of the molecule is O=C(NC[C@H](CO)Cc1ccco1)Nc1ccccc1. The number of para-hydroxylation sites is 1. The molecule has 0 spiro atoms. The van der Waals surface area contributed by atoms with Gasteiger partial charge in [0.1, 0.15) is 5.76 Å². The van der Waals surface area contributed by atoms with Gasteiger partial charge in [0.05, 0.1) is 6.26 Å². The Balaban J connectivity index is 1.76. The van der Waals surface area contributed by atoms with E-state index in [9.17, 15) is 9.90 Å². The molecule has 2 aromatic rings. The Bertz CT molecular complexity index is 511. The van der Waals surface area contributed by atoms with E-state index in [1.165, 1.54) is 0 Å². The van der Waals surface area contributed by atoms with Crippen LogP contribution in [0.3, 0.4) is 0 Å². The number of furan rings is 1. The average Bonchev–Trinajstić information content (AvgIpc) is 2.97. The molecule has 0 bridgehead atoms. The van der Waals surface area contributed by atoms with E-state index in [0.717, 1.165) is 11.4 Å². The summed E-state index contributed by atoms with van der Waals surface area (Å²) in [6.45, 7) is 0.377. The van der Waals surface area contributed by atoms with Gasteiger partial charge in [-0.15, -0.1) is 0 Å². The van der Waals surface area contributed by atoms with Crippen molar-refractivity contribution < 1.29 is 14.3 Å². The summed E-state index contributed by atoms with van der Waals surface area (Å²) >= 11 is 0. The van der Waals surface area contributed by atoms with Gasteiger partial charge < -0.3 is 20.2 Å². The summed E-state index contributed by atoms with van der Waals surface area (Å²) in [6, 6.07) is 12.6. The van der Waals surface area contributed by atoms with Crippen molar-refractivity contribution in [2.75, 3.05) is 18.5 Å². The smallest absolute Gasteiger partial charge is 0.319 e. The Morgan fingerprint density at radius 3 is 2.65 bits per heavy atom. The van der Waals surface area contributed by atoms with E-state index in [0.29, 0.717) is 13.0 Å². The van der Waals surface area contributed by atoms with Crippen molar-refractivity contribution in [3.05, 3.63) is 54.5 Å². The van der Waals surface area contributed by atoms with Crippen molar-refractivity contribution in [2.24, 2.45) is 5.92 Å². The zero-order valence-electron chi connectivity index (χ0n) is 11.1. The third-order valence-corrected chi connectivity index (χ3v) is 2.91. The van der Waals surface area contributed by atoms with Gasteiger partial charge >= 0.3 is 6.03 Å². The normalized spacial score (nSPS) is 11.8. The third-order valence-electron chi connectivity index (χ3n) is 2.91. The first-order chi connectivity index (χ1) is 9.78. The summed E-state index contributed by atoms with van der Waals surface area (Å²) in [5.41, 5.74) is 0.733. The van der Waals surface area contributed by atoms with Crippen molar-refractivity contribution in [1.29, 1.82) is 0 Å². The summed E-state index contributed by atoms with van der Waals surface area (Å²) in [7, 11) is 0. The van der Waals surface area contributed by atoms with Crippen LogP contribution in [0.5, 0.6) is 0 Å². The number of hydrogen-bond acceptors (Lipinski definition) is 3. The third kappa shape index (κ3) is 4.44. The van der Waals surface area contributed by atoms with E-state index in [2.05, 4.69) is 10.6 Å². The zero-order valence-corrected chi connectivity index (χ0v) is 11.1. The van der Waals surface area contributed by atoms with Crippen molar-refractivity contribution in [1.82, 2.24) is 5.32 Å². The second-order valence-electron chi connectivity index (χ2n) is 4.53. The highest BCUT2D eigenvalue weighted by atomic mass is 16.3. The second kappa shape index (κ2) is 7.35. The molecule has 20 heavy (non-hydrogen) atoms. The minimum atomic E-state index is -0.283. The molecule has 0 saturated heterocycles. The Kier molecular flexibility index (Phi) is 5.20. The number of anilines is 1. The first-order valence-corrected chi connectivity index (χ1v) is 6.51. The van der Waals surface area contributed by atoms with Gasteiger partial charge in [0, 0.05) is 31.2 Å². The van der Waals surface area contributed by atoms with Gasteiger partial charge in [0.15, 0.2) is 0 Å². The highest BCUT2D eigenvalue weighted by Crippen LogP contribution is 2.09. The average molecular weight is 274 g/mol. The minimum absolute atomic E-state index is 0.00762. The molecule has 1 aromatic heterocycles. The van der Waals surface area contributed by atoms with E-state index < -0.39 is 0 Å². The van der Waals surface area contributed by atoms with Crippen LogP contribution in [0.2, 0.25) is 0 Å². The summed E-state index contributed by atoms with van der Waals surface area (Å²) in [4.78, 5) is 11.7. The number of aliphatic hydroxyl groups is 1. The number of benzene rings is 1. The van der Waals surface area contributed by atoms with Crippen molar-refractivity contribution in [3.63, 3.8) is 0 Å². The van der Waals surface area contributed by atoms with E-state index in [1.54, 1.807) is 12.3 Å². The predicted molar refractivity (Wildman–Crippen MR) is 76.5 cm³/mol. The molecular weight excluding hydrogens is 256 g/mol. The molecule has 1 atom stereocenters. The lowest BCUT2D eigenvalue weighted by Crippen LogP contribution is -2.34. The van der Waals surface area contributed by atoms with E-state index in [1.807, 2.05) is 36.4 Å². The lowest BCUT2D eigenvalue weighted by molar-refractivity contribution is 0.213. The number of nitrogens with one attached hydrogen (secondary N) is 2. The number of rotatable bonds is 6. The quantitative estimate of drug-likeness (QED) is 0.756. The van der Waals surface area contributed by atoms with Crippen LogP contribution >= 0.6 is 0 Å². The highest BCUT2D eigenvalue weighted by Gasteiger charge is 2.12. The molecule has 1 aromatic carbocycles. The van der Waals surface area contributed by atoms with Crippen LogP contribution in [0.15, 0.2) is 53.1 Å². The summed E-state index contributed by atoms with van der Waals surface area (Å²) < 4.78 is 5.23. The molecule has 5 heteroatoms. The molecule has 0 aliphatic rings. The minimum Gasteiger partial charge on any atom is -0.469 e. The molecule has 0 fully saturated rings. The molecule has 5 nitrogen and oxygen atoms in total. The molecular formula is C15H18N2O3. The number of amides is 2. The van der Waals surface area contributed by atoms with E-state index in [4.69, 9.17) is 4.42 Å². The van der Waals surface area contributed by atoms with Gasteiger partial charge in [-0.2, -0.15) is 0 Å². The Hall–Kier alpha value is -2.27. The molecule has 0 unspecified atom stereocenters. The summed E-state index contributed by atoms with van der Waals surface area (Å²) in [5.74, 6) is 0.733. The van der Waals surface area contributed by atoms with E-state index >= 15 is 0 Å². The van der Waals surface area contributed by atoms with E-state index in [-0.39, 0.29) is 18.6 Å². The highest BCUT2D eigenvalue weighted by molar-refractivity contribution is 5.89. The Morgan fingerprint density at radius 2 is 2.00 bits per heavy atom. The van der Waals surface area contributed by atoms with Gasteiger partial charge in [0.2, 0.25) is 0 Å². The van der Waals surface area contributed by atoms with Crippen LogP contribution in [0.1, 0.15) is 5.76 Å². The fraction of sp³-hybridized carbons (Fsp3) is 0.267. The maximum absolute atomic E-state index is 11.7. The number of aliphatic hydroxyl groups excluding tert-OH is 1. The lowest BCUT2D eigenvalue weighted by atomic mass is 10.1. The molecule has 1 heterocycles. The molecule has 3 N–H and O–H groups in total. The largest absolute Gasteiger partial charge is 0.469 e. The fourth-order valence-corrected chi connectivity index (χ4v) is 1.85. The number of urea groups is 1. The summed E-state index contributed by atoms with van der Waals surface area (Å²) in [5, 5.41) is 14.8. The van der Waals surface area contributed by atoms with Gasteiger partial charge in [-0.1, -0.05) is 18.2 Å². The van der Waals surface area contributed by atoms with Crippen LogP contribution < -0.4 is 10.6 Å². The monoisotopic (exact) mass is 274 g/mol. The fourth-order valence-electron chi connectivity index (χ4n) is 1.85. The second-order valence-corrected chi connectivity index (χ2v) is 4.53. The molecule has 2 amide bonds. The van der Waals surface area contributed by atoms with Gasteiger partial charge in [0.25, 0.3) is 0 Å². The van der Waals surface area contributed by atoms with Crippen LogP contribution in [0.4, 0.5) is 10.5 Å². The lowest BCUT2D eigenvalue weighted by Gasteiger charge is -2.14. The molecule has 0 radical (unpaired) electrons. The van der Waals surface area contributed by atoms with Crippen LogP contribution in [0, 0.1) is 5.92 Å². The first kappa shape index (κ1) is 14.1. The topological polar surface area (TPSA) is 74.5 Å². The van der Waals surface area contributed by atoms with Crippen molar-refractivity contribution in [3.8, 4) is 0 Å². The molecule has 106 valence electrons. The van der Waals surface area contributed by atoms with Crippen LogP contribution in [-0.4, -0.2) is 24.3 Å². The van der Waals surface area contributed by atoms with Crippen molar-refractivity contribution in [2.45, 2.75) is 6.42 Å². The molecule has 2 rings (SSSR count). The standard InChI is InChI=1S/C15H18N2O3/c18-11-12(9-14-7-4-8-20-14)10-16-15(19)17-13-5-2-1-3-6-13/h1-8,12,18H,9-11H2,(H2,16,17,19)/t12-/m1/s1. The van der Waals surface area contributed by atoms with Gasteiger partial charge in [-0.05, 0) is 24.3 Å². The Morgan fingerprint density at radius 1 is 1.20 bits per heavy atom. The van der Waals surface area contributed by atoms with Crippen LogP contribution in [0.25, 0.3) is 0 Å². The maximum Gasteiger partial charge on any atom is 0.319 e. The molecule has 0 aliphatic carbocycles.